The monoisotopic (exact) mass is 266 g/mol. The van der Waals surface area contributed by atoms with Gasteiger partial charge in [-0.3, -0.25) is 9.69 Å². The molecule has 0 aromatic carbocycles. The molecule has 2 atom stereocenters. The van der Waals surface area contributed by atoms with Crippen LogP contribution in [-0.4, -0.2) is 49.7 Å². The van der Waals surface area contributed by atoms with Crippen LogP contribution in [0.3, 0.4) is 0 Å². The molecule has 0 radical (unpaired) electrons. The van der Waals surface area contributed by atoms with Gasteiger partial charge in [0.1, 0.15) is 0 Å². The Morgan fingerprint density at radius 3 is 2.84 bits per heavy atom. The minimum atomic E-state index is 0.214. The number of hydrogen-bond donors (Lipinski definition) is 1. The molecule has 1 aliphatic heterocycles. The molecule has 4 nitrogen and oxygen atoms in total. The lowest BCUT2D eigenvalue weighted by Gasteiger charge is -2.43. The first kappa shape index (κ1) is 13.4. The van der Waals surface area contributed by atoms with Crippen LogP contribution in [-0.2, 0) is 9.53 Å². The van der Waals surface area contributed by atoms with E-state index in [0.29, 0.717) is 24.1 Å². The van der Waals surface area contributed by atoms with E-state index < -0.39 is 0 Å². The minimum absolute atomic E-state index is 0.214. The smallest absolute Gasteiger partial charge is 0.234 e. The van der Waals surface area contributed by atoms with Crippen LogP contribution in [0.5, 0.6) is 0 Å². The molecule has 0 aromatic rings. The Morgan fingerprint density at radius 2 is 2.11 bits per heavy atom. The number of carbonyl (C=O) groups is 1. The topological polar surface area (TPSA) is 41.6 Å². The second-order valence-electron chi connectivity index (χ2n) is 6.63. The summed E-state index contributed by atoms with van der Waals surface area (Å²) < 4.78 is 5.71. The molecule has 1 saturated heterocycles. The fourth-order valence-corrected chi connectivity index (χ4v) is 4.04. The van der Waals surface area contributed by atoms with Crippen LogP contribution in [0, 0.1) is 5.41 Å². The molecule has 3 fully saturated rings. The van der Waals surface area contributed by atoms with E-state index in [-0.39, 0.29) is 5.91 Å². The van der Waals surface area contributed by atoms with Crippen molar-refractivity contribution in [2.45, 2.75) is 57.1 Å². The van der Waals surface area contributed by atoms with Crippen LogP contribution in [0.2, 0.25) is 0 Å². The molecule has 19 heavy (non-hydrogen) atoms. The number of hydrogen-bond acceptors (Lipinski definition) is 3. The molecule has 3 rings (SSSR count). The van der Waals surface area contributed by atoms with E-state index in [1.807, 2.05) is 7.11 Å². The molecule has 1 N–H and O–H groups in total. The first-order valence-electron chi connectivity index (χ1n) is 7.76. The maximum absolute atomic E-state index is 11.9. The minimum Gasteiger partial charge on any atom is -0.381 e. The normalized spacial score (nSPS) is 35.7. The first-order valence-corrected chi connectivity index (χ1v) is 7.76. The molecule has 2 saturated carbocycles. The Labute approximate surface area is 115 Å². The third-order valence-electron chi connectivity index (χ3n) is 5.11. The Kier molecular flexibility index (Phi) is 3.81. The Morgan fingerprint density at radius 1 is 1.32 bits per heavy atom. The molecular formula is C15H26N2O2. The second-order valence-corrected chi connectivity index (χ2v) is 6.63. The van der Waals surface area contributed by atoms with Gasteiger partial charge in [-0.1, -0.05) is 6.42 Å². The molecule has 0 aromatic heterocycles. The molecule has 3 aliphatic rings. The van der Waals surface area contributed by atoms with Gasteiger partial charge in [0, 0.05) is 25.1 Å². The molecule has 4 heteroatoms. The highest BCUT2D eigenvalue weighted by Gasteiger charge is 2.45. The van der Waals surface area contributed by atoms with E-state index in [2.05, 4.69) is 10.2 Å². The summed E-state index contributed by atoms with van der Waals surface area (Å²) in [4.78, 5) is 14.3. The first-order chi connectivity index (χ1) is 9.22. The predicted octanol–water partition coefficient (Wildman–Crippen LogP) is 1.55. The number of ether oxygens (including phenoxy) is 1. The molecule has 0 bridgehead atoms. The summed E-state index contributed by atoms with van der Waals surface area (Å²) in [5.41, 5.74) is 0.326. The van der Waals surface area contributed by atoms with Crippen molar-refractivity contribution >= 4 is 5.91 Å². The summed E-state index contributed by atoms with van der Waals surface area (Å²) in [7, 11) is 1.84. The largest absolute Gasteiger partial charge is 0.381 e. The van der Waals surface area contributed by atoms with Crippen molar-refractivity contribution in [2.75, 3.05) is 26.7 Å². The van der Waals surface area contributed by atoms with Crippen LogP contribution in [0.4, 0.5) is 0 Å². The van der Waals surface area contributed by atoms with Gasteiger partial charge in [-0.05, 0) is 45.1 Å². The zero-order valence-electron chi connectivity index (χ0n) is 12.0. The fraction of sp³-hybridized carbons (Fsp3) is 0.933. The number of piperidine rings is 1. The van der Waals surface area contributed by atoms with E-state index >= 15 is 0 Å². The molecule has 1 amide bonds. The molecule has 108 valence electrons. The van der Waals surface area contributed by atoms with Crippen LogP contribution < -0.4 is 5.32 Å². The van der Waals surface area contributed by atoms with Gasteiger partial charge < -0.3 is 10.1 Å². The van der Waals surface area contributed by atoms with Gasteiger partial charge in [0.2, 0.25) is 5.91 Å². The lowest BCUT2D eigenvalue weighted by atomic mass is 9.76. The van der Waals surface area contributed by atoms with E-state index in [1.165, 1.54) is 44.9 Å². The zero-order valence-corrected chi connectivity index (χ0v) is 12.0. The lowest BCUT2D eigenvalue weighted by molar-refractivity contribution is -0.124. The highest BCUT2D eigenvalue weighted by Crippen LogP contribution is 2.46. The maximum Gasteiger partial charge on any atom is 0.234 e. The summed E-state index contributed by atoms with van der Waals surface area (Å²) >= 11 is 0. The van der Waals surface area contributed by atoms with E-state index in [4.69, 9.17) is 4.74 Å². The Hall–Kier alpha value is -0.610. The standard InChI is InChI=1S/C15H26N2O2/c1-19-13-4-2-7-15(13)8-3-9-17(11-15)10-14(18)16-12-5-6-12/h12-13H,2-11H2,1H3,(H,16,18)/t13-,15-/m1/s1. The van der Waals surface area contributed by atoms with Gasteiger partial charge in [0.15, 0.2) is 0 Å². The summed E-state index contributed by atoms with van der Waals surface area (Å²) in [6.07, 6.45) is 8.96. The fourth-order valence-electron chi connectivity index (χ4n) is 4.04. The number of amides is 1. The van der Waals surface area contributed by atoms with Gasteiger partial charge in [0.25, 0.3) is 0 Å². The van der Waals surface area contributed by atoms with E-state index in [1.54, 1.807) is 0 Å². The van der Waals surface area contributed by atoms with Crippen molar-refractivity contribution in [3.05, 3.63) is 0 Å². The van der Waals surface area contributed by atoms with Crippen LogP contribution in [0.1, 0.15) is 44.9 Å². The molecule has 1 heterocycles. The molecular weight excluding hydrogens is 240 g/mol. The van der Waals surface area contributed by atoms with Crippen molar-refractivity contribution in [3.8, 4) is 0 Å². The third-order valence-corrected chi connectivity index (χ3v) is 5.11. The quantitative estimate of drug-likeness (QED) is 0.839. The molecule has 0 unspecified atom stereocenters. The van der Waals surface area contributed by atoms with Gasteiger partial charge in [0.05, 0.1) is 12.6 Å². The van der Waals surface area contributed by atoms with E-state index in [9.17, 15) is 4.79 Å². The average molecular weight is 266 g/mol. The van der Waals surface area contributed by atoms with Crippen LogP contribution >= 0.6 is 0 Å². The maximum atomic E-state index is 11.9. The van der Waals surface area contributed by atoms with Gasteiger partial charge in [-0.25, -0.2) is 0 Å². The van der Waals surface area contributed by atoms with Gasteiger partial charge in [-0.2, -0.15) is 0 Å². The van der Waals surface area contributed by atoms with Crippen LogP contribution in [0.15, 0.2) is 0 Å². The predicted molar refractivity (Wildman–Crippen MR) is 73.9 cm³/mol. The average Bonchev–Trinajstić information content (AvgIpc) is 3.11. The highest BCUT2D eigenvalue weighted by atomic mass is 16.5. The van der Waals surface area contributed by atoms with Crippen molar-refractivity contribution in [1.29, 1.82) is 0 Å². The summed E-state index contributed by atoms with van der Waals surface area (Å²) in [5, 5.41) is 3.09. The summed E-state index contributed by atoms with van der Waals surface area (Å²) in [5.74, 6) is 0.214. The highest BCUT2D eigenvalue weighted by molar-refractivity contribution is 5.78. The SMILES string of the molecule is CO[C@@H]1CCC[C@]12CCCN(CC(=O)NC1CC1)C2. The number of nitrogens with one attached hydrogen (secondary N) is 1. The Balaban J connectivity index is 1.56. The number of likely N-dealkylation sites (tertiary alicyclic amines) is 1. The van der Waals surface area contributed by atoms with Gasteiger partial charge >= 0.3 is 0 Å². The van der Waals surface area contributed by atoms with Crippen LogP contribution in [0.25, 0.3) is 0 Å². The molecule has 1 spiro atoms. The van der Waals surface area contributed by atoms with Crippen molar-refractivity contribution < 1.29 is 9.53 Å². The second kappa shape index (κ2) is 5.41. The van der Waals surface area contributed by atoms with Crippen molar-refractivity contribution in [1.82, 2.24) is 10.2 Å². The lowest BCUT2D eigenvalue weighted by Crippen LogP contribution is -2.50. The summed E-state index contributed by atoms with van der Waals surface area (Å²) in [6, 6.07) is 0.476. The number of methoxy groups -OCH3 is 1. The third kappa shape index (κ3) is 2.95. The number of nitrogens with zero attached hydrogens (tertiary/aromatic N) is 1. The van der Waals surface area contributed by atoms with Crippen molar-refractivity contribution in [2.24, 2.45) is 5.41 Å². The zero-order chi connectivity index (χ0) is 13.3. The molecule has 2 aliphatic carbocycles. The number of carbonyl (C=O) groups excluding carboxylic acids is 1. The van der Waals surface area contributed by atoms with Gasteiger partial charge in [-0.15, -0.1) is 0 Å². The summed E-state index contributed by atoms with van der Waals surface area (Å²) in [6.45, 7) is 2.69. The van der Waals surface area contributed by atoms with Crippen molar-refractivity contribution in [3.63, 3.8) is 0 Å². The Bertz CT molecular complexity index is 343. The van der Waals surface area contributed by atoms with E-state index in [0.717, 1.165) is 13.1 Å². The number of rotatable bonds is 4.